The molecule has 0 saturated heterocycles. The molecule has 1 nitrogen and oxygen atoms in total. The van der Waals surface area contributed by atoms with Crippen LogP contribution in [0, 0.1) is 13.8 Å². The maximum absolute atomic E-state index is 2.52. The Morgan fingerprint density at radius 1 is 0.867 bits per heavy atom. The Kier molecular flexibility index (Phi) is 5.49. The molecule has 1 aliphatic carbocycles. The third kappa shape index (κ3) is 3.10. The summed E-state index contributed by atoms with van der Waals surface area (Å²) >= 11 is 0. The molecule has 0 amide bonds. The van der Waals surface area contributed by atoms with E-state index in [-0.39, 0.29) is 26.2 Å². The van der Waals surface area contributed by atoms with E-state index in [4.69, 9.17) is 0 Å². The molecule has 0 spiro atoms. The standard InChI is InChI=1S/C17H19NSi.C10H9.Zr/c1-11-10-14-15(17-12(2)16(14)19(17,3)4)18(11)13-8-6-5-7-9-13;1-8-6-9-4-2-3-5-10(9)7-8;/h5-10,17H,1-4H3;2-7H,1H3;/q;-1;. The van der Waals surface area contributed by atoms with Gasteiger partial charge in [-0.2, -0.15) is 6.07 Å². The zero-order valence-electron chi connectivity index (χ0n) is 18.5. The van der Waals surface area contributed by atoms with Crippen molar-refractivity contribution >= 4 is 24.0 Å². The summed E-state index contributed by atoms with van der Waals surface area (Å²) in [4.78, 5) is 0. The van der Waals surface area contributed by atoms with Crippen LogP contribution in [0.1, 0.15) is 35.0 Å². The molecule has 1 unspecified atom stereocenters. The molecule has 0 radical (unpaired) electrons. The first kappa shape index (κ1) is 21.4. The van der Waals surface area contributed by atoms with Gasteiger partial charge in [0.25, 0.3) is 0 Å². The van der Waals surface area contributed by atoms with Gasteiger partial charge in [-0.05, 0) is 37.6 Å². The Hall–Kier alpha value is -1.83. The van der Waals surface area contributed by atoms with Crippen molar-refractivity contribution in [1.82, 2.24) is 4.57 Å². The van der Waals surface area contributed by atoms with Gasteiger partial charge in [0.1, 0.15) is 0 Å². The predicted molar refractivity (Wildman–Crippen MR) is 128 cm³/mol. The normalized spacial score (nSPS) is 17.7. The van der Waals surface area contributed by atoms with Gasteiger partial charge in [0.2, 0.25) is 0 Å². The molecule has 3 heterocycles. The van der Waals surface area contributed by atoms with Gasteiger partial charge in [-0.15, -0.1) is 40.6 Å². The fourth-order valence-electron chi connectivity index (χ4n) is 5.74. The maximum Gasteiger partial charge on any atom is 0.0950 e. The molecule has 150 valence electrons. The largest absolute Gasteiger partial charge is 0.317 e. The van der Waals surface area contributed by atoms with Crippen LogP contribution in [0.15, 0.2) is 78.4 Å². The van der Waals surface area contributed by atoms with E-state index in [0.717, 1.165) is 5.54 Å². The van der Waals surface area contributed by atoms with Crippen molar-refractivity contribution in [3.63, 3.8) is 0 Å². The second-order valence-corrected chi connectivity index (χ2v) is 13.7. The van der Waals surface area contributed by atoms with E-state index in [1.165, 1.54) is 27.7 Å². The van der Waals surface area contributed by atoms with Crippen LogP contribution in [0.2, 0.25) is 13.1 Å². The summed E-state index contributed by atoms with van der Waals surface area (Å²) in [5.41, 5.74) is 9.55. The minimum atomic E-state index is -1.19. The van der Waals surface area contributed by atoms with Crippen molar-refractivity contribution < 1.29 is 26.2 Å². The Morgan fingerprint density at radius 2 is 1.53 bits per heavy atom. The van der Waals surface area contributed by atoms with Crippen LogP contribution in [-0.2, 0) is 26.2 Å². The molecule has 30 heavy (non-hydrogen) atoms. The predicted octanol–water partition coefficient (Wildman–Crippen LogP) is 7.32. The van der Waals surface area contributed by atoms with Crippen molar-refractivity contribution in [2.75, 3.05) is 0 Å². The Bertz CT molecular complexity index is 1220. The van der Waals surface area contributed by atoms with Crippen molar-refractivity contribution in [2.24, 2.45) is 0 Å². The first-order chi connectivity index (χ1) is 13.9. The molecular weight excluding hydrogens is 458 g/mol. The van der Waals surface area contributed by atoms with Gasteiger partial charge in [-0.3, -0.25) is 0 Å². The number of rotatable bonds is 1. The number of fused-ring (bicyclic) bond motifs is 1. The van der Waals surface area contributed by atoms with Gasteiger partial charge < -0.3 is 4.57 Å². The number of allylic oxidation sites excluding steroid dienone is 1. The molecule has 3 aliphatic rings. The molecule has 1 aromatic heterocycles. The zero-order valence-corrected chi connectivity index (χ0v) is 21.9. The smallest absolute Gasteiger partial charge is 0.0950 e. The molecule has 3 aromatic carbocycles. The van der Waals surface area contributed by atoms with E-state index in [9.17, 15) is 0 Å². The molecular formula is C27H28NSiZr-. The SMILES string of the molecule is CC1=C2c3cc(C)n(-c4ccccc4)c3C1[Si]2(C)C.Cc1cc2ccccc2[cH-]1.[Zr]. The fraction of sp³-hybridized carbons (Fsp3) is 0.222. The van der Waals surface area contributed by atoms with E-state index >= 15 is 0 Å². The van der Waals surface area contributed by atoms with Crippen LogP contribution >= 0.6 is 0 Å². The van der Waals surface area contributed by atoms with E-state index in [1.807, 2.05) is 0 Å². The Morgan fingerprint density at radius 3 is 2.20 bits per heavy atom. The molecule has 1 atom stereocenters. The number of nitrogens with zero attached hydrogens (tertiary/aromatic N) is 1. The number of benzene rings is 2. The van der Waals surface area contributed by atoms with Gasteiger partial charge in [-0.1, -0.05) is 55.1 Å². The van der Waals surface area contributed by atoms with Crippen LogP contribution in [0.4, 0.5) is 0 Å². The summed E-state index contributed by atoms with van der Waals surface area (Å²) in [5.74, 6) is 0. The van der Waals surface area contributed by atoms with Gasteiger partial charge in [0.05, 0.1) is 8.07 Å². The third-order valence-corrected chi connectivity index (χ3v) is 10.8. The fourth-order valence-corrected chi connectivity index (χ4v) is 10.0. The average Bonchev–Trinajstić information content (AvgIpc) is 3.36. The molecule has 0 saturated carbocycles. The first-order valence-corrected chi connectivity index (χ1v) is 13.6. The molecule has 0 N–H and O–H groups in total. The van der Waals surface area contributed by atoms with E-state index in [1.54, 1.807) is 22.0 Å². The van der Waals surface area contributed by atoms with Crippen molar-refractivity contribution in [3.8, 4) is 5.69 Å². The van der Waals surface area contributed by atoms with E-state index in [2.05, 4.69) is 111 Å². The minimum Gasteiger partial charge on any atom is -0.317 e. The van der Waals surface area contributed by atoms with Crippen LogP contribution in [-0.4, -0.2) is 12.6 Å². The van der Waals surface area contributed by atoms with Crippen LogP contribution in [0.5, 0.6) is 0 Å². The molecule has 2 aliphatic heterocycles. The number of para-hydroxylation sites is 1. The van der Waals surface area contributed by atoms with Crippen molar-refractivity contribution in [2.45, 2.75) is 39.4 Å². The number of aromatic nitrogens is 1. The van der Waals surface area contributed by atoms with Crippen LogP contribution in [0.25, 0.3) is 21.7 Å². The second-order valence-electron chi connectivity index (χ2n) is 9.13. The second kappa shape index (κ2) is 7.70. The monoisotopic (exact) mass is 484 g/mol. The van der Waals surface area contributed by atoms with E-state index < -0.39 is 8.07 Å². The minimum absolute atomic E-state index is 0. The summed E-state index contributed by atoms with van der Waals surface area (Å²) in [5, 5.41) is 4.42. The molecule has 4 aromatic rings. The summed E-state index contributed by atoms with van der Waals surface area (Å²) < 4.78 is 2.48. The zero-order chi connectivity index (χ0) is 20.3. The first-order valence-electron chi connectivity index (χ1n) is 10.5. The quantitative estimate of drug-likeness (QED) is 0.197. The van der Waals surface area contributed by atoms with Gasteiger partial charge in [-0.25, -0.2) is 0 Å². The number of hydrogen-bond donors (Lipinski definition) is 0. The topological polar surface area (TPSA) is 4.93 Å². The Balaban J connectivity index is 0.000000168. The van der Waals surface area contributed by atoms with Crippen LogP contribution < -0.4 is 0 Å². The summed E-state index contributed by atoms with van der Waals surface area (Å²) in [6.07, 6.45) is 0. The van der Waals surface area contributed by atoms with Crippen molar-refractivity contribution in [1.29, 1.82) is 0 Å². The molecule has 7 rings (SSSR count). The van der Waals surface area contributed by atoms with Crippen LogP contribution in [0.3, 0.4) is 0 Å². The molecule has 0 fully saturated rings. The van der Waals surface area contributed by atoms with E-state index in [0.29, 0.717) is 0 Å². The molecule has 3 heteroatoms. The van der Waals surface area contributed by atoms with Gasteiger partial charge in [0, 0.05) is 48.8 Å². The molecule has 2 bridgehead atoms. The average molecular weight is 486 g/mol. The third-order valence-electron chi connectivity index (χ3n) is 6.74. The number of hydrogen-bond acceptors (Lipinski definition) is 0. The maximum atomic E-state index is 2.52. The summed E-state index contributed by atoms with van der Waals surface area (Å²) in [7, 11) is -1.19. The van der Waals surface area contributed by atoms with Crippen molar-refractivity contribution in [3.05, 3.63) is 101 Å². The van der Waals surface area contributed by atoms with Gasteiger partial charge in [0.15, 0.2) is 0 Å². The summed E-state index contributed by atoms with van der Waals surface area (Å²) in [6, 6.07) is 26.0. The summed E-state index contributed by atoms with van der Waals surface area (Å²) in [6.45, 7) is 11.7. The van der Waals surface area contributed by atoms with Gasteiger partial charge >= 0.3 is 0 Å². The Labute approximate surface area is 199 Å². The number of aryl methyl sites for hydroxylation is 2.